The third-order valence-electron chi connectivity index (χ3n) is 3.10. The minimum atomic E-state index is -0.472. The zero-order chi connectivity index (χ0) is 14.2. The van der Waals surface area contributed by atoms with E-state index in [9.17, 15) is 4.39 Å². The molecule has 2 aromatic carbocycles. The van der Waals surface area contributed by atoms with Crippen molar-refractivity contribution in [2.24, 2.45) is 5.73 Å². The standard InChI is InChI=1S/C15H14Cl2FN/c1-8-3-4-10(12(16)5-8)15(19)11-6-9(2)14(18)7-13(11)17/h3-7,15H,19H2,1-2H3. The summed E-state index contributed by atoms with van der Waals surface area (Å²) in [5.74, 6) is -0.337. The summed E-state index contributed by atoms with van der Waals surface area (Å²) >= 11 is 12.3. The number of rotatable bonds is 2. The molecule has 0 bridgehead atoms. The van der Waals surface area contributed by atoms with Crippen LogP contribution in [0.3, 0.4) is 0 Å². The Hall–Kier alpha value is -1.09. The fraction of sp³-hybridized carbons (Fsp3) is 0.200. The van der Waals surface area contributed by atoms with Crippen LogP contribution >= 0.6 is 23.2 Å². The van der Waals surface area contributed by atoms with E-state index in [1.165, 1.54) is 6.07 Å². The highest BCUT2D eigenvalue weighted by Gasteiger charge is 2.17. The van der Waals surface area contributed by atoms with E-state index in [1.54, 1.807) is 13.0 Å². The quantitative estimate of drug-likeness (QED) is 0.847. The van der Waals surface area contributed by atoms with Crippen LogP contribution in [-0.4, -0.2) is 0 Å². The normalized spacial score (nSPS) is 12.5. The van der Waals surface area contributed by atoms with Gasteiger partial charge in [-0.2, -0.15) is 0 Å². The van der Waals surface area contributed by atoms with Crippen molar-refractivity contribution < 1.29 is 4.39 Å². The topological polar surface area (TPSA) is 26.0 Å². The van der Waals surface area contributed by atoms with Gasteiger partial charge in [-0.1, -0.05) is 35.3 Å². The van der Waals surface area contributed by atoms with E-state index >= 15 is 0 Å². The molecule has 0 saturated carbocycles. The molecule has 0 aliphatic carbocycles. The number of aryl methyl sites for hydroxylation is 2. The number of nitrogens with two attached hydrogens (primary N) is 1. The minimum absolute atomic E-state index is 0.312. The van der Waals surface area contributed by atoms with Crippen molar-refractivity contribution in [2.45, 2.75) is 19.9 Å². The summed E-state index contributed by atoms with van der Waals surface area (Å²) in [7, 11) is 0. The average molecular weight is 298 g/mol. The lowest BCUT2D eigenvalue weighted by Gasteiger charge is -2.17. The molecule has 0 saturated heterocycles. The lowest BCUT2D eigenvalue weighted by Crippen LogP contribution is -2.13. The van der Waals surface area contributed by atoms with Gasteiger partial charge in [0.05, 0.1) is 6.04 Å². The van der Waals surface area contributed by atoms with Crippen LogP contribution in [0.4, 0.5) is 4.39 Å². The lowest BCUT2D eigenvalue weighted by molar-refractivity contribution is 0.617. The molecule has 0 aliphatic heterocycles. The Labute approximate surface area is 122 Å². The van der Waals surface area contributed by atoms with Gasteiger partial charge in [0.2, 0.25) is 0 Å². The van der Waals surface area contributed by atoms with Gasteiger partial charge in [-0.15, -0.1) is 0 Å². The van der Waals surface area contributed by atoms with Crippen LogP contribution in [0.2, 0.25) is 10.0 Å². The molecular formula is C15H14Cl2FN. The average Bonchev–Trinajstić information content (AvgIpc) is 2.33. The third-order valence-corrected chi connectivity index (χ3v) is 3.76. The maximum Gasteiger partial charge on any atom is 0.127 e. The maximum absolute atomic E-state index is 13.4. The second-order valence-corrected chi connectivity index (χ2v) is 5.44. The molecule has 1 nitrogen and oxygen atoms in total. The Morgan fingerprint density at radius 3 is 2.26 bits per heavy atom. The van der Waals surface area contributed by atoms with Gasteiger partial charge in [-0.25, -0.2) is 4.39 Å². The summed E-state index contributed by atoms with van der Waals surface area (Å²) in [5.41, 5.74) is 9.22. The van der Waals surface area contributed by atoms with Crippen LogP contribution in [0.5, 0.6) is 0 Å². The Bertz CT molecular complexity index is 626. The Morgan fingerprint density at radius 2 is 1.63 bits per heavy atom. The molecule has 0 amide bonds. The fourth-order valence-corrected chi connectivity index (χ4v) is 2.59. The summed E-state index contributed by atoms with van der Waals surface area (Å²) in [6.45, 7) is 3.63. The smallest absolute Gasteiger partial charge is 0.127 e. The first-order valence-electron chi connectivity index (χ1n) is 5.87. The highest BCUT2D eigenvalue weighted by Crippen LogP contribution is 2.32. The van der Waals surface area contributed by atoms with Crippen LogP contribution < -0.4 is 5.73 Å². The van der Waals surface area contributed by atoms with Gasteiger partial charge in [0, 0.05) is 10.0 Å². The summed E-state index contributed by atoms with van der Waals surface area (Å²) < 4.78 is 13.4. The fourth-order valence-electron chi connectivity index (χ4n) is 1.97. The van der Waals surface area contributed by atoms with Gasteiger partial charge >= 0.3 is 0 Å². The van der Waals surface area contributed by atoms with E-state index in [2.05, 4.69) is 0 Å². The van der Waals surface area contributed by atoms with E-state index in [-0.39, 0.29) is 5.82 Å². The van der Waals surface area contributed by atoms with Gasteiger partial charge < -0.3 is 5.73 Å². The number of halogens is 3. The molecule has 0 radical (unpaired) electrons. The third kappa shape index (κ3) is 2.92. The molecule has 4 heteroatoms. The van der Waals surface area contributed by atoms with Crippen molar-refractivity contribution in [2.75, 3.05) is 0 Å². The zero-order valence-corrected chi connectivity index (χ0v) is 12.2. The van der Waals surface area contributed by atoms with Gasteiger partial charge in [0.25, 0.3) is 0 Å². The first-order valence-corrected chi connectivity index (χ1v) is 6.63. The largest absolute Gasteiger partial charge is 0.320 e. The van der Waals surface area contributed by atoms with E-state index in [1.807, 2.05) is 25.1 Å². The van der Waals surface area contributed by atoms with Gasteiger partial charge in [0.1, 0.15) is 5.82 Å². The molecule has 100 valence electrons. The molecule has 0 heterocycles. The van der Waals surface area contributed by atoms with Crippen LogP contribution in [0.1, 0.15) is 28.3 Å². The zero-order valence-electron chi connectivity index (χ0n) is 10.7. The molecule has 19 heavy (non-hydrogen) atoms. The SMILES string of the molecule is Cc1ccc(C(N)c2cc(C)c(F)cc2Cl)c(Cl)c1. The summed E-state index contributed by atoms with van der Waals surface area (Å²) in [4.78, 5) is 0. The molecular weight excluding hydrogens is 284 g/mol. The predicted molar refractivity (Wildman–Crippen MR) is 78.4 cm³/mol. The van der Waals surface area contributed by atoms with Crippen molar-refractivity contribution in [3.05, 3.63) is 68.4 Å². The highest BCUT2D eigenvalue weighted by atomic mass is 35.5. The first kappa shape index (κ1) is 14.3. The number of benzene rings is 2. The van der Waals surface area contributed by atoms with Gasteiger partial charge in [0.15, 0.2) is 0 Å². The second-order valence-electron chi connectivity index (χ2n) is 4.63. The molecule has 0 fully saturated rings. The lowest BCUT2D eigenvalue weighted by atomic mass is 9.97. The van der Waals surface area contributed by atoms with Crippen LogP contribution in [-0.2, 0) is 0 Å². The molecule has 1 atom stereocenters. The van der Waals surface area contributed by atoms with E-state index in [4.69, 9.17) is 28.9 Å². The monoisotopic (exact) mass is 297 g/mol. The van der Waals surface area contributed by atoms with E-state index in [0.717, 1.165) is 11.1 Å². The van der Waals surface area contributed by atoms with Crippen LogP contribution in [0, 0.1) is 19.7 Å². The van der Waals surface area contributed by atoms with Crippen molar-refractivity contribution in [1.29, 1.82) is 0 Å². The Morgan fingerprint density at radius 1 is 1.00 bits per heavy atom. The maximum atomic E-state index is 13.4. The first-order chi connectivity index (χ1) is 8.90. The summed E-state index contributed by atoms with van der Waals surface area (Å²) in [6.07, 6.45) is 0. The Balaban J connectivity index is 2.49. The summed E-state index contributed by atoms with van der Waals surface area (Å²) in [5, 5.41) is 0.901. The van der Waals surface area contributed by atoms with E-state index in [0.29, 0.717) is 21.2 Å². The van der Waals surface area contributed by atoms with Crippen LogP contribution in [0.25, 0.3) is 0 Å². The van der Waals surface area contributed by atoms with Crippen molar-refractivity contribution in [1.82, 2.24) is 0 Å². The Kier molecular flexibility index (Phi) is 4.14. The molecule has 2 aromatic rings. The predicted octanol–water partition coefficient (Wildman–Crippen LogP) is 4.80. The molecule has 0 aromatic heterocycles. The van der Waals surface area contributed by atoms with Crippen molar-refractivity contribution in [3.63, 3.8) is 0 Å². The van der Waals surface area contributed by atoms with Crippen LogP contribution in [0.15, 0.2) is 30.3 Å². The molecule has 1 unspecified atom stereocenters. The molecule has 2 rings (SSSR count). The second kappa shape index (κ2) is 5.49. The molecule has 0 spiro atoms. The summed E-state index contributed by atoms with van der Waals surface area (Å²) in [6, 6.07) is 8.14. The van der Waals surface area contributed by atoms with Gasteiger partial charge in [-0.3, -0.25) is 0 Å². The van der Waals surface area contributed by atoms with E-state index < -0.39 is 6.04 Å². The number of hydrogen-bond donors (Lipinski definition) is 1. The number of hydrogen-bond acceptors (Lipinski definition) is 1. The molecule has 0 aliphatic rings. The minimum Gasteiger partial charge on any atom is -0.320 e. The molecule has 2 N–H and O–H groups in total. The van der Waals surface area contributed by atoms with Crippen molar-refractivity contribution >= 4 is 23.2 Å². The van der Waals surface area contributed by atoms with Gasteiger partial charge in [-0.05, 0) is 54.3 Å². The highest BCUT2D eigenvalue weighted by molar-refractivity contribution is 6.32. The van der Waals surface area contributed by atoms with Crippen molar-refractivity contribution in [3.8, 4) is 0 Å².